The molecule has 1 aromatic rings. The van der Waals surface area contributed by atoms with Crippen LogP contribution in [0.15, 0.2) is 29.2 Å². The lowest BCUT2D eigenvalue weighted by molar-refractivity contribution is -0.122. The van der Waals surface area contributed by atoms with Crippen molar-refractivity contribution in [2.45, 2.75) is 38.8 Å². The van der Waals surface area contributed by atoms with E-state index in [4.69, 9.17) is 5.73 Å². The molecule has 3 N–H and O–H groups in total. The maximum atomic E-state index is 11.8. The summed E-state index contributed by atoms with van der Waals surface area (Å²) in [6.07, 6.45) is 4.59. The number of pyridine rings is 1. The van der Waals surface area contributed by atoms with Gasteiger partial charge < -0.3 is 15.6 Å². The Morgan fingerprint density at radius 3 is 2.89 bits per heavy atom. The van der Waals surface area contributed by atoms with Crippen molar-refractivity contribution < 1.29 is 4.79 Å². The summed E-state index contributed by atoms with van der Waals surface area (Å²) >= 11 is 0. The van der Waals surface area contributed by atoms with E-state index in [1.165, 1.54) is 10.6 Å². The first-order valence-electron chi connectivity index (χ1n) is 6.32. The molecule has 1 heterocycles. The molecule has 1 amide bonds. The number of aromatic nitrogens is 1. The number of amides is 1. The van der Waals surface area contributed by atoms with Gasteiger partial charge in [-0.25, -0.2) is 0 Å². The van der Waals surface area contributed by atoms with E-state index in [1.54, 1.807) is 18.3 Å². The molecule has 100 valence electrons. The Morgan fingerprint density at radius 1 is 1.50 bits per heavy atom. The monoisotopic (exact) mass is 251 g/mol. The third-order valence-corrected chi connectivity index (χ3v) is 2.77. The second-order valence-corrected chi connectivity index (χ2v) is 4.31. The van der Waals surface area contributed by atoms with Gasteiger partial charge in [0, 0.05) is 24.8 Å². The minimum atomic E-state index is -0.175. The molecule has 0 radical (unpaired) electrons. The first-order chi connectivity index (χ1) is 8.67. The molecule has 5 nitrogen and oxygen atoms in total. The van der Waals surface area contributed by atoms with Gasteiger partial charge >= 0.3 is 0 Å². The normalized spacial score (nSPS) is 12.1. The summed E-state index contributed by atoms with van der Waals surface area (Å²) in [5, 5.41) is 2.85. The molecule has 0 saturated heterocycles. The fourth-order valence-corrected chi connectivity index (χ4v) is 1.72. The molecule has 0 aliphatic carbocycles. The zero-order chi connectivity index (χ0) is 13.4. The maximum absolute atomic E-state index is 11.8. The standard InChI is InChI=1S/C13H21N3O2/c1-2-3-6-11(9-14)15-12(17)10-16-8-5-4-7-13(16)18/h4-5,7-8,11H,2-3,6,9-10,14H2,1H3,(H,15,17). The number of rotatable bonds is 7. The largest absolute Gasteiger partial charge is 0.351 e. The van der Waals surface area contributed by atoms with Crippen LogP contribution in [0.1, 0.15) is 26.2 Å². The second kappa shape index (κ2) is 7.66. The van der Waals surface area contributed by atoms with Gasteiger partial charge in [-0.15, -0.1) is 0 Å². The molecule has 0 bridgehead atoms. The summed E-state index contributed by atoms with van der Waals surface area (Å²) in [5.74, 6) is -0.171. The van der Waals surface area contributed by atoms with Gasteiger partial charge in [0.15, 0.2) is 0 Å². The van der Waals surface area contributed by atoms with Gasteiger partial charge in [-0.3, -0.25) is 9.59 Å². The highest BCUT2D eigenvalue weighted by molar-refractivity contribution is 5.76. The van der Waals surface area contributed by atoms with Gasteiger partial charge in [-0.2, -0.15) is 0 Å². The predicted molar refractivity (Wildman–Crippen MR) is 71.2 cm³/mol. The minimum absolute atomic E-state index is 0.00290. The third-order valence-electron chi connectivity index (χ3n) is 2.77. The van der Waals surface area contributed by atoms with Gasteiger partial charge in [0.2, 0.25) is 5.91 Å². The molecular weight excluding hydrogens is 230 g/mol. The van der Waals surface area contributed by atoms with Crippen molar-refractivity contribution in [3.05, 3.63) is 34.7 Å². The lowest BCUT2D eigenvalue weighted by Crippen LogP contribution is -2.42. The minimum Gasteiger partial charge on any atom is -0.351 e. The van der Waals surface area contributed by atoms with E-state index in [2.05, 4.69) is 12.2 Å². The van der Waals surface area contributed by atoms with Crippen LogP contribution in [0.25, 0.3) is 0 Å². The van der Waals surface area contributed by atoms with E-state index in [0.29, 0.717) is 6.54 Å². The average molecular weight is 251 g/mol. The molecule has 1 aromatic heterocycles. The molecule has 1 atom stereocenters. The van der Waals surface area contributed by atoms with E-state index < -0.39 is 0 Å². The molecule has 1 unspecified atom stereocenters. The highest BCUT2D eigenvalue weighted by atomic mass is 16.2. The molecular formula is C13H21N3O2. The van der Waals surface area contributed by atoms with Gasteiger partial charge in [0.25, 0.3) is 5.56 Å². The highest BCUT2D eigenvalue weighted by Crippen LogP contribution is 1.99. The molecule has 0 spiro atoms. The zero-order valence-corrected chi connectivity index (χ0v) is 10.8. The summed E-state index contributed by atoms with van der Waals surface area (Å²) in [4.78, 5) is 23.2. The van der Waals surface area contributed by atoms with Crippen LogP contribution >= 0.6 is 0 Å². The maximum Gasteiger partial charge on any atom is 0.250 e. The smallest absolute Gasteiger partial charge is 0.250 e. The number of nitrogens with zero attached hydrogens (tertiary/aromatic N) is 1. The Balaban J connectivity index is 2.50. The Hall–Kier alpha value is -1.62. The summed E-state index contributed by atoms with van der Waals surface area (Å²) < 4.78 is 1.38. The SMILES string of the molecule is CCCCC(CN)NC(=O)Cn1ccccc1=O. The van der Waals surface area contributed by atoms with E-state index in [0.717, 1.165) is 19.3 Å². The van der Waals surface area contributed by atoms with Crippen molar-refractivity contribution in [2.24, 2.45) is 5.73 Å². The van der Waals surface area contributed by atoms with Crippen LogP contribution in [0.3, 0.4) is 0 Å². The van der Waals surface area contributed by atoms with Crippen molar-refractivity contribution in [3.8, 4) is 0 Å². The zero-order valence-electron chi connectivity index (χ0n) is 10.8. The van der Waals surface area contributed by atoms with Gasteiger partial charge in [-0.1, -0.05) is 25.8 Å². The summed E-state index contributed by atoms with van der Waals surface area (Å²) in [6, 6.07) is 4.81. The van der Waals surface area contributed by atoms with Crippen molar-refractivity contribution in [3.63, 3.8) is 0 Å². The topological polar surface area (TPSA) is 77.1 Å². The van der Waals surface area contributed by atoms with Gasteiger partial charge in [0.05, 0.1) is 0 Å². The second-order valence-electron chi connectivity index (χ2n) is 4.31. The fraction of sp³-hybridized carbons (Fsp3) is 0.538. The average Bonchev–Trinajstić information content (AvgIpc) is 2.37. The highest BCUT2D eigenvalue weighted by Gasteiger charge is 2.10. The number of unbranched alkanes of at least 4 members (excludes halogenated alkanes) is 1. The van der Waals surface area contributed by atoms with Crippen LogP contribution in [0.2, 0.25) is 0 Å². The van der Waals surface area contributed by atoms with Crippen LogP contribution in [-0.2, 0) is 11.3 Å². The van der Waals surface area contributed by atoms with Crippen molar-refractivity contribution in [1.29, 1.82) is 0 Å². The van der Waals surface area contributed by atoms with E-state index in [1.807, 2.05) is 0 Å². The Morgan fingerprint density at radius 2 is 2.28 bits per heavy atom. The quantitative estimate of drug-likeness (QED) is 0.740. The number of carbonyl (C=O) groups excluding carboxylic acids is 1. The van der Waals surface area contributed by atoms with Crippen LogP contribution in [-0.4, -0.2) is 23.1 Å². The third kappa shape index (κ3) is 4.71. The molecule has 5 heteroatoms. The lowest BCUT2D eigenvalue weighted by Gasteiger charge is -2.16. The fourth-order valence-electron chi connectivity index (χ4n) is 1.72. The molecule has 0 aromatic carbocycles. The van der Waals surface area contributed by atoms with Crippen molar-refractivity contribution in [2.75, 3.05) is 6.54 Å². The Bertz CT molecular complexity index is 428. The molecule has 0 aliphatic rings. The van der Waals surface area contributed by atoms with E-state index >= 15 is 0 Å². The van der Waals surface area contributed by atoms with Gasteiger partial charge in [0.1, 0.15) is 6.54 Å². The van der Waals surface area contributed by atoms with Crippen LogP contribution in [0, 0.1) is 0 Å². The first-order valence-corrected chi connectivity index (χ1v) is 6.32. The van der Waals surface area contributed by atoms with Crippen molar-refractivity contribution >= 4 is 5.91 Å². The summed E-state index contributed by atoms with van der Waals surface area (Å²) in [6.45, 7) is 2.57. The lowest BCUT2D eigenvalue weighted by atomic mass is 10.1. The van der Waals surface area contributed by atoms with Crippen LogP contribution in [0.4, 0.5) is 0 Å². The molecule has 1 rings (SSSR count). The van der Waals surface area contributed by atoms with Crippen LogP contribution in [0.5, 0.6) is 0 Å². The number of hydrogen-bond donors (Lipinski definition) is 2. The molecule has 0 saturated carbocycles. The number of nitrogens with two attached hydrogens (primary N) is 1. The van der Waals surface area contributed by atoms with Gasteiger partial charge in [-0.05, 0) is 12.5 Å². The first kappa shape index (κ1) is 14.4. The number of hydrogen-bond acceptors (Lipinski definition) is 3. The molecule has 18 heavy (non-hydrogen) atoms. The predicted octanol–water partition coefficient (Wildman–Crippen LogP) is 0.482. The Kier molecular flexibility index (Phi) is 6.14. The summed E-state index contributed by atoms with van der Waals surface area (Å²) in [7, 11) is 0. The Labute approximate surface area is 107 Å². The van der Waals surface area contributed by atoms with E-state index in [-0.39, 0.29) is 24.1 Å². The van der Waals surface area contributed by atoms with Crippen molar-refractivity contribution in [1.82, 2.24) is 9.88 Å². The number of nitrogens with one attached hydrogen (secondary N) is 1. The van der Waals surface area contributed by atoms with Crippen LogP contribution < -0.4 is 16.6 Å². The van der Waals surface area contributed by atoms with E-state index in [9.17, 15) is 9.59 Å². The number of carbonyl (C=O) groups is 1. The summed E-state index contributed by atoms with van der Waals surface area (Å²) in [5.41, 5.74) is 5.43. The molecule has 0 fully saturated rings. The molecule has 0 aliphatic heterocycles.